The van der Waals surface area contributed by atoms with Gasteiger partial charge < -0.3 is 4.74 Å². The number of nitrogens with one attached hydrogen (secondary N) is 1. The number of amides is 1. The number of thiophene rings is 1. The van der Waals surface area contributed by atoms with Crippen LogP contribution in [0.3, 0.4) is 0 Å². The first kappa shape index (κ1) is 21.3. The van der Waals surface area contributed by atoms with Gasteiger partial charge in [-0.05, 0) is 90.7 Å². The predicted molar refractivity (Wildman–Crippen MR) is 140 cm³/mol. The summed E-state index contributed by atoms with van der Waals surface area (Å²) in [5.74, 6) is 0.643. The maximum absolute atomic E-state index is 12.0. The van der Waals surface area contributed by atoms with Gasteiger partial charge in [0.25, 0.3) is 5.91 Å². The highest BCUT2D eigenvalue weighted by molar-refractivity contribution is 14.1. The van der Waals surface area contributed by atoms with Crippen molar-refractivity contribution in [3.8, 4) is 5.75 Å². The van der Waals surface area contributed by atoms with Gasteiger partial charge in [-0.15, -0.1) is 11.3 Å². The van der Waals surface area contributed by atoms with Gasteiger partial charge in [0.05, 0.1) is 18.2 Å². The minimum absolute atomic E-state index is 0.208. The van der Waals surface area contributed by atoms with Crippen molar-refractivity contribution in [1.29, 1.82) is 0 Å². The zero-order valence-electron chi connectivity index (χ0n) is 15.6. The van der Waals surface area contributed by atoms with Crippen molar-refractivity contribution in [2.45, 2.75) is 6.61 Å². The third-order valence-electron chi connectivity index (χ3n) is 4.40. The van der Waals surface area contributed by atoms with Crippen LogP contribution in [0.15, 0.2) is 77.2 Å². The summed E-state index contributed by atoms with van der Waals surface area (Å²) in [6.45, 7) is 0.498. The minimum atomic E-state index is -0.208. The average Bonchev–Trinajstić information content (AvgIpc) is 3.28. The molecular weight excluding hydrogens is 622 g/mol. The summed E-state index contributed by atoms with van der Waals surface area (Å²) < 4.78 is 8.16. The SMILES string of the molecule is O=C(N/N=C\c1cc(I)c(OCc2cccc3ccccc23)c(I)c1)c1cccs1. The van der Waals surface area contributed by atoms with Gasteiger partial charge in [0.2, 0.25) is 0 Å². The first-order valence-electron chi connectivity index (χ1n) is 9.07. The van der Waals surface area contributed by atoms with E-state index in [1.165, 1.54) is 22.1 Å². The molecule has 4 aromatic rings. The van der Waals surface area contributed by atoms with E-state index in [2.05, 4.69) is 86.0 Å². The zero-order chi connectivity index (χ0) is 20.9. The molecule has 0 atom stereocenters. The molecule has 0 saturated heterocycles. The highest BCUT2D eigenvalue weighted by atomic mass is 127. The summed E-state index contributed by atoms with van der Waals surface area (Å²) in [4.78, 5) is 12.6. The fourth-order valence-electron chi connectivity index (χ4n) is 2.99. The van der Waals surface area contributed by atoms with E-state index in [-0.39, 0.29) is 5.91 Å². The van der Waals surface area contributed by atoms with Crippen LogP contribution in [0.1, 0.15) is 20.8 Å². The predicted octanol–water partition coefficient (Wildman–Crippen LogP) is 6.45. The Bertz CT molecular complexity index is 1190. The van der Waals surface area contributed by atoms with E-state index >= 15 is 0 Å². The van der Waals surface area contributed by atoms with Crippen LogP contribution >= 0.6 is 56.5 Å². The quantitative estimate of drug-likeness (QED) is 0.150. The number of nitrogens with zero attached hydrogens (tertiary/aromatic N) is 1. The summed E-state index contributed by atoms with van der Waals surface area (Å²) in [5.41, 5.74) is 4.61. The van der Waals surface area contributed by atoms with Crippen molar-refractivity contribution < 1.29 is 9.53 Å². The van der Waals surface area contributed by atoms with Gasteiger partial charge in [0.15, 0.2) is 0 Å². The standard InChI is InChI=1S/C23H16I2N2O2S/c24-19-11-15(13-26-27-23(28)21-9-4-10-30-21)12-20(25)22(19)29-14-17-7-3-6-16-5-1-2-8-18(16)17/h1-13H,14H2,(H,27,28)/b26-13-. The number of hydrogen-bond donors (Lipinski definition) is 1. The molecular formula is C23H16I2N2O2S. The number of carbonyl (C=O) groups excluding carboxylic acids is 1. The molecule has 1 aromatic heterocycles. The lowest BCUT2D eigenvalue weighted by Gasteiger charge is -2.13. The molecule has 0 radical (unpaired) electrons. The van der Waals surface area contributed by atoms with E-state index in [0.29, 0.717) is 11.5 Å². The Morgan fingerprint density at radius 3 is 2.57 bits per heavy atom. The fraction of sp³-hybridized carbons (Fsp3) is 0.0435. The van der Waals surface area contributed by atoms with Crippen LogP contribution in [-0.4, -0.2) is 12.1 Å². The smallest absolute Gasteiger partial charge is 0.281 e. The summed E-state index contributed by atoms with van der Waals surface area (Å²) in [5, 5.41) is 8.34. The maximum Gasteiger partial charge on any atom is 0.281 e. The van der Waals surface area contributed by atoms with Gasteiger partial charge in [-0.2, -0.15) is 5.10 Å². The lowest BCUT2D eigenvalue weighted by molar-refractivity contribution is 0.0959. The van der Waals surface area contributed by atoms with E-state index in [1.807, 2.05) is 35.7 Å². The lowest BCUT2D eigenvalue weighted by Crippen LogP contribution is -2.16. The molecule has 3 aromatic carbocycles. The Morgan fingerprint density at radius 2 is 1.80 bits per heavy atom. The van der Waals surface area contributed by atoms with Crippen LogP contribution in [0.4, 0.5) is 0 Å². The second kappa shape index (κ2) is 9.88. The maximum atomic E-state index is 12.0. The topological polar surface area (TPSA) is 50.7 Å². The molecule has 0 fully saturated rings. The molecule has 0 aliphatic rings. The van der Waals surface area contributed by atoms with E-state index in [4.69, 9.17) is 4.74 Å². The molecule has 4 nitrogen and oxygen atoms in total. The second-order valence-corrected chi connectivity index (χ2v) is 9.69. The molecule has 0 unspecified atom stereocenters. The van der Waals surface area contributed by atoms with Gasteiger partial charge in [-0.1, -0.05) is 48.5 Å². The van der Waals surface area contributed by atoms with E-state index in [1.54, 1.807) is 12.3 Å². The van der Waals surface area contributed by atoms with Crippen molar-refractivity contribution in [3.63, 3.8) is 0 Å². The van der Waals surface area contributed by atoms with E-state index in [9.17, 15) is 4.79 Å². The van der Waals surface area contributed by atoms with Crippen molar-refractivity contribution in [2.24, 2.45) is 5.10 Å². The number of ether oxygens (including phenoxy) is 1. The van der Waals surface area contributed by atoms with Crippen LogP contribution in [0.5, 0.6) is 5.75 Å². The molecule has 0 spiro atoms. The van der Waals surface area contributed by atoms with Crippen molar-refractivity contribution in [3.05, 3.63) is 95.3 Å². The Balaban J connectivity index is 1.46. The van der Waals surface area contributed by atoms with Gasteiger partial charge in [-0.25, -0.2) is 5.43 Å². The van der Waals surface area contributed by atoms with Crippen molar-refractivity contribution in [1.82, 2.24) is 5.43 Å². The first-order chi connectivity index (χ1) is 14.6. The molecule has 0 saturated carbocycles. The first-order valence-corrected chi connectivity index (χ1v) is 12.1. The molecule has 1 N–H and O–H groups in total. The molecule has 4 rings (SSSR count). The molecule has 150 valence electrons. The number of benzene rings is 3. The van der Waals surface area contributed by atoms with E-state index in [0.717, 1.165) is 24.0 Å². The number of fused-ring (bicyclic) bond motifs is 1. The zero-order valence-corrected chi connectivity index (χ0v) is 20.8. The average molecular weight is 638 g/mol. The fourth-order valence-corrected chi connectivity index (χ4v) is 5.73. The Labute approximate surface area is 205 Å². The molecule has 7 heteroatoms. The lowest BCUT2D eigenvalue weighted by atomic mass is 10.1. The van der Waals surface area contributed by atoms with Crippen LogP contribution in [0, 0.1) is 7.14 Å². The van der Waals surface area contributed by atoms with Crippen molar-refractivity contribution >= 4 is 79.4 Å². The highest BCUT2D eigenvalue weighted by Gasteiger charge is 2.10. The van der Waals surface area contributed by atoms with Crippen LogP contribution in [0.25, 0.3) is 10.8 Å². The normalized spacial score (nSPS) is 11.1. The van der Waals surface area contributed by atoms with Gasteiger partial charge in [-0.3, -0.25) is 4.79 Å². The molecule has 1 amide bonds. The van der Waals surface area contributed by atoms with Crippen LogP contribution in [0.2, 0.25) is 0 Å². The second-order valence-electron chi connectivity index (χ2n) is 6.42. The summed E-state index contributed by atoms with van der Waals surface area (Å²) in [6, 6.07) is 22.2. The summed E-state index contributed by atoms with van der Waals surface area (Å²) in [6.07, 6.45) is 1.64. The number of hydrogen-bond acceptors (Lipinski definition) is 4. The molecule has 30 heavy (non-hydrogen) atoms. The Morgan fingerprint density at radius 1 is 1.03 bits per heavy atom. The van der Waals surface area contributed by atoms with E-state index < -0.39 is 0 Å². The number of halogens is 2. The van der Waals surface area contributed by atoms with Crippen LogP contribution < -0.4 is 10.2 Å². The number of hydrazone groups is 1. The van der Waals surface area contributed by atoms with Gasteiger partial charge in [0.1, 0.15) is 12.4 Å². The molecule has 0 aliphatic carbocycles. The largest absolute Gasteiger partial charge is 0.487 e. The number of carbonyl (C=O) groups is 1. The van der Waals surface area contributed by atoms with Crippen molar-refractivity contribution in [2.75, 3.05) is 0 Å². The molecule has 0 bridgehead atoms. The third kappa shape index (κ3) is 5.01. The van der Waals surface area contributed by atoms with Crippen LogP contribution in [-0.2, 0) is 6.61 Å². The number of rotatable bonds is 6. The molecule has 0 aliphatic heterocycles. The summed E-state index contributed by atoms with van der Waals surface area (Å²) >= 11 is 5.92. The van der Waals surface area contributed by atoms with Gasteiger partial charge >= 0.3 is 0 Å². The minimum Gasteiger partial charge on any atom is -0.487 e. The van der Waals surface area contributed by atoms with Gasteiger partial charge in [0, 0.05) is 0 Å². The Hall–Kier alpha value is -1.98. The highest BCUT2D eigenvalue weighted by Crippen LogP contribution is 2.30. The molecule has 1 heterocycles. The summed E-state index contributed by atoms with van der Waals surface area (Å²) in [7, 11) is 0. The third-order valence-corrected chi connectivity index (χ3v) is 6.87. The Kier molecular flexibility index (Phi) is 7.00. The monoisotopic (exact) mass is 638 g/mol.